The van der Waals surface area contributed by atoms with E-state index < -0.39 is 5.82 Å². The van der Waals surface area contributed by atoms with E-state index >= 15 is 0 Å². The maximum atomic E-state index is 13.7. The first-order valence-electron chi connectivity index (χ1n) is 5.63. The lowest BCUT2D eigenvalue weighted by molar-refractivity contribution is 0.386. The van der Waals surface area contributed by atoms with Crippen LogP contribution in [0.2, 0.25) is 0 Å². The van der Waals surface area contributed by atoms with Crippen LogP contribution in [0.5, 0.6) is 5.75 Å². The molecule has 2 heterocycles. The summed E-state index contributed by atoms with van der Waals surface area (Å²) in [7, 11) is 1.42. The Labute approximate surface area is 108 Å². The van der Waals surface area contributed by atoms with Crippen molar-refractivity contribution in [2.45, 2.75) is 0 Å². The molecule has 19 heavy (non-hydrogen) atoms. The topological polar surface area (TPSA) is 76.8 Å². The number of H-pyrrole nitrogens is 1. The third-order valence-corrected chi connectivity index (χ3v) is 2.79. The zero-order chi connectivity index (χ0) is 13.4. The van der Waals surface area contributed by atoms with Crippen LogP contribution in [-0.4, -0.2) is 22.1 Å². The minimum absolute atomic E-state index is 0.197. The molecule has 0 fully saturated rings. The molecule has 0 saturated carbocycles. The number of rotatable bonds is 2. The Morgan fingerprint density at radius 1 is 1.21 bits per heavy atom. The second-order valence-electron chi connectivity index (χ2n) is 4.04. The van der Waals surface area contributed by atoms with Crippen LogP contribution in [0.15, 0.2) is 30.3 Å². The van der Waals surface area contributed by atoms with Gasteiger partial charge >= 0.3 is 0 Å². The molecule has 6 heteroatoms. The molecule has 1 aromatic carbocycles. The van der Waals surface area contributed by atoms with E-state index in [1.54, 1.807) is 24.3 Å². The van der Waals surface area contributed by atoms with Crippen LogP contribution in [0.1, 0.15) is 0 Å². The standard InChI is InChI=1S/C13H11FN4O/c1-19-10-4-2-7(6-8(10)14)12-16-9-3-5-11(15)17-13(9)18-12/h2-6H,1H3,(H3,15,16,17,18). The van der Waals surface area contributed by atoms with Gasteiger partial charge in [0.25, 0.3) is 0 Å². The van der Waals surface area contributed by atoms with Crippen molar-refractivity contribution in [2.24, 2.45) is 0 Å². The van der Waals surface area contributed by atoms with Gasteiger partial charge in [-0.1, -0.05) is 0 Å². The monoisotopic (exact) mass is 258 g/mol. The summed E-state index contributed by atoms with van der Waals surface area (Å²) in [5, 5.41) is 0. The molecule has 0 saturated heterocycles. The smallest absolute Gasteiger partial charge is 0.180 e. The lowest BCUT2D eigenvalue weighted by atomic mass is 10.2. The van der Waals surface area contributed by atoms with Gasteiger partial charge in [0.15, 0.2) is 17.2 Å². The Morgan fingerprint density at radius 3 is 2.79 bits per heavy atom. The van der Waals surface area contributed by atoms with Crippen LogP contribution in [0.25, 0.3) is 22.6 Å². The Morgan fingerprint density at radius 2 is 2.05 bits per heavy atom. The molecule has 96 valence electrons. The number of halogens is 1. The van der Waals surface area contributed by atoms with Gasteiger partial charge in [-0.3, -0.25) is 0 Å². The minimum Gasteiger partial charge on any atom is -0.494 e. The van der Waals surface area contributed by atoms with E-state index in [1.807, 2.05) is 0 Å². The molecule has 0 aliphatic carbocycles. The predicted octanol–water partition coefficient (Wildman–Crippen LogP) is 2.35. The Kier molecular flexibility index (Phi) is 2.56. The average Bonchev–Trinajstić information content (AvgIpc) is 2.81. The summed E-state index contributed by atoms with van der Waals surface area (Å²) in [6, 6.07) is 8.11. The number of nitrogens with zero attached hydrogens (tertiary/aromatic N) is 2. The van der Waals surface area contributed by atoms with Gasteiger partial charge in [0.1, 0.15) is 11.6 Å². The van der Waals surface area contributed by atoms with Crippen molar-refractivity contribution in [1.29, 1.82) is 0 Å². The summed E-state index contributed by atoms with van der Waals surface area (Å²) in [6.07, 6.45) is 0. The molecular weight excluding hydrogens is 247 g/mol. The maximum Gasteiger partial charge on any atom is 0.180 e. The van der Waals surface area contributed by atoms with Crippen molar-refractivity contribution >= 4 is 17.0 Å². The zero-order valence-electron chi connectivity index (χ0n) is 10.1. The molecule has 0 aliphatic rings. The summed E-state index contributed by atoms with van der Waals surface area (Å²) < 4.78 is 18.5. The molecule has 0 amide bonds. The van der Waals surface area contributed by atoms with Crippen molar-refractivity contribution in [3.63, 3.8) is 0 Å². The van der Waals surface area contributed by atoms with E-state index in [2.05, 4.69) is 15.0 Å². The highest BCUT2D eigenvalue weighted by molar-refractivity contribution is 5.77. The van der Waals surface area contributed by atoms with Crippen LogP contribution in [-0.2, 0) is 0 Å². The Bertz CT molecular complexity index is 753. The van der Waals surface area contributed by atoms with Gasteiger partial charge in [-0.25, -0.2) is 14.4 Å². The van der Waals surface area contributed by atoms with Crippen molar-refractivity contribution in [2.75, 3.05) is 12.8 Å². The fraction of sp³-hybridized carbons (Fsp3) is 0.0769. The summed E-state index contributed by atoms with van der Waals surface area (Å²) >= 11 is 0. The van der Waals surface area contributed by atoms with Gasteiger partial charge in [-0.05, 0) is 30.3 Å². The number of pyridine rings is 1. The number of nitrogens with one attached hydrogen (secondary N) is 1. The highest BCUT2D eigenvalue weighted by atomic mass is 19.1. The highest BCUT2D eigenvalue weighted by Gasteiger charge is 2.09. The molecule has 0 aliphatic heterocycles. The lowest BCUT2D eigenvalue weighted by Gasteiger charge is -2.02. The number of methoxy groups -OCH3 is 1. The second kappa shape index (κ2) is 4.24. The first-order valence-corrected chi connectivity index (χ1v) is 5.63. The number of aromatic nitrogens is 3. The Balaban J connectivity index is 2.11. The van der Waals surface area contributed by atoms with Crippen LogP contribution in [0.4, 0.5) is 10.2 Å². The molecule has 5 nitrogen and oxygen atoms in total. The molecular formula is C13H11FN4O. The van der Waals surface area contributed by atoms with E-state index in [-0.39, 0.29) is 5.75 Å². The molecule has 0 spiro atoms. The quantitative estimate of drug-likeness (QED) is 0.739. The number of anilines is 1. The van der Waals surface area contributed by atoms with Gasteiger partial charge in [0, 0.05) is 5.56 Å². The highest BCUT2D eigenvalue weighted by Crippen LogP contribution is 2.25. The molecule has 3 aromatic rings. The van der Waals surface area contributed by atoms with Crippen molar-refractivity contribution in [1.82, 2.24) is 15.0 Å². The van der Waals surface area contributed by atoms with Gasteiger partial charge in [0.05, 0.1) is 12.6 Å². The van der Waals surface area contributed by atoms with E-state index in [9.17, 15) is 4.39 Å². The van der Waals surface area contributed by atoms with Crippen molar-refractivity contribution < 1.29 is 9.13 Å². The summed E-state index contributed by atoms with van der Waals surface area (Å²) in [4.78, 5) is 11.4. The minimum atomic E-state index is -0.437. The first-order chi connectivity index (χ1) is 9.17. The molecule has 3 rings (SSSR count). The number of ether oxygens (including phenoxy) is 1. The molecule has 0 radical (unpaired) electrons. The maximum absolute atomic E-state index is 13.7. The number of hydrogen-bond acceptors (Lipinski definition) is 4. The van der Waals surface area contributed by atoms with Crippen LogP contribution in [0.3, 0.4) is 0 Å². The Hall–Kier alpha value is -2.63. The van der Waals surface area contributed by atoms with Gasteiger partial charge in [-0.15, -0.1) is 0 Å². The van der Waals surface area contributed by atoms with Crippen LogP contribution < -0.4 is 10.5 Å². The largest absolute Gasteiger partial charge is 0.494 e. The summed E-state index contributed by atoms with van der Waals surface area (Å²) in [5.74, 6) is 0.691. The van der Waals surface area contributed by atoms with E-state index in [4.69, 9.17) is 10.5 Å². The fourth-order valence-electron chi connectivity index (χ4n) is 1.86. The zero-order valence-corrected chi connectivity index (χ0v) is 10.1. The normalized spacial score (nSPS) is 10.8. The van der Waals surface area contributed by atoms with Crippen molar-refractivity contribution in [3.8, 4) is 17.1 Å². The third-order valence-electron chi connectivity index (χ3n) is 2.79. The van der Waals surface area contributed by atoms with Gasteiger partial charge < -0.3 is 15.5 Å². The predicted molar refractivity (Wildman–Crippen MR) is 70.2 cm³/mol. The first kappa shape index (κ1) is 11.5. The number of aromatic amines is 1. The van der Waals surface area contributed by atoms with Gasteiger partial charge in [-0.2, -0.15) is 0 Å². The van der Waals surface area contributed by atoms with E-state index in [0.29, 0.717) is 22.9 Å². The second-order valence-corrected chi connectivity index (χ2v) is 4.04. The molecule has 3 N–H and O–H groups in total. The number of nitrogen functional groups attached to an aromatic ring is 1. The number of nitrogens with two attached hydrogens (primary N) is 1. The summed E-state index contributed by atoms with van der Waals surface area (Å²) in [5.41, 5.74) is 7.47. The number of benzene rings is 1. The van der Waals surface area contributed by atoms with Crippen LogP contribution >= 0.6 is 0 Å². The molecule has 0 atom stereocenters. The van der Waals surface area contributed by atoms with E-state index in [0.717, 1.165) is 5.52 Å². The number of imidazole rings is 1. The molecule has 0 bridgehead atoms. The summed E-state index contributed by atoms with van der Waals surface area (Å²) in [6.45, 7) is 0. The SMILES string of the molecule is COc1ccc(-c2nc3nc(N)ccc3[nH]2)cc1F. The van der Waals surface area contributed by atoms with E-state index in [1.165, 1.54) is 13.2 Å². The fourth-order valence-corrected chi connectivity index (χ4v) is 1.86. The van der Waals surface area contributed by atoms with Crippen LogP contribution in [0, 0.1) is 5.82 Å². The van der Waals surface area contributed by atoms with Gasteiger partial charge in [0.2, 0.25) is 0 Å². The lowest BCUT2D eigenvalue weighted by Crippen LogP contribution is -1.89. The number of hydrogen-bond donors (Lipinski definition) is 2. The molecule has 0 unspecified atom stereocenters. The third kappa shape index (κ3) is 1.97. The number of fused-ring (bicyclic) bond motifs is 1. The van der Waals surface area contributed by atoms with Crippen molar-refractivity contribution in [3.05, 3.63) is 36.1 Å². The average molecular weight is 258 g/mol. The molecule has 2 aromatic heterocycles.